The minimum atomic E-state index is -0.0112. The summed E-state index contributed by atoms with van der Waals surface area (Å²) >= 11 is 0. The van der Waals surface area contributed by atoms with Crippen molar-refractivity contribution >= 4 is 21.9 Å². The number of para-hydroxylation sites is 2. The van der Waals surface area contributed by atoms with E-state index in [1.54, 1.807) is 12.1 Å². The molecule has 2 N–H and O–H groups in total. The summed E-state index contributed by atoms with van der Waals surface area (Å²) in [5.74, 6) is 0.640. The van der Waals surface area contributed by atoms with E-state index in [0.717, 1.165) is 19.4 Å². The Morgan fingerprint density at radius 1 is 1.05 bits per heavy atom. The quantitative estimate of drug-likeness (QED) is 0.561. The Kier molecular flexibility index (Phi) is 4.39. The van der Waals surface area contributed by atoms with Gasteiger partial charge in [-0.15, -0.1) is 0 Å². The zero-order valence-electron chi connectivity index (χ0n) is 12.7. The highest BCUT2D eigenvalue weighted by Crippen LogP contribution is 2.27. The highest BCUT2D eigenvalue weighted by Gasteiger charge is 2.11. The summed E-state index contributed by atoms with van der Waals surface area (Å²) in [5, 5.41) is 3.33. The first-order valence-corrected chi connectivity index (χ1v) is 7.66. The van der Waals surface area contributed by atoms with Crippen LogP contribution in [0.2, 0.25) is 0 Å². The normalized spacial score (nSPS) is 11.1. The first-order chi connectivity index (χ1) is 10.8. The van der Waals surface area contributed by atoms with Crippen LogP contribution in [0, 0.1) is 0 Å². The first-order valence-electron chi connectivity index (χ1n) is 7.66. The lowest BCUT2D eigenvalue weighted by Gasteiger charge is -2.08. The van der Waals surface area contributed by atoms with E-state index in [2.05, 4.69) is 12.4 Å². The maximum Gasteiger partial charge on any atom is 0.200 e. The number of benzene rings is 2. The monoisotopic (exact) mass is 298 g/mol. The Morgan fingerprint density at radius 3 is 2.73 bits per heavy atom. The third-order valence-electron chi connectivity index (χ3n) is 3.71. The molecule has 1 heterocycles. The lowest BCUT2D eigenvalue weighted by atomic mass is 10.1. The van der Waals surface area contributed by atoms with Gasteiger partial charge < -0.3 is 14.5 Å². The number of hydrogen-bond donors (Lipinski definition) is 1. The van der Waals surface area contributed by atoms with Crippen LogP contribution in [0.1, 0.15) is 12.8 Å². The molecule has 3 rings (SSSR count). The molecular formula is C18H20NO3+. The molecule has 0 saturated heterocycles. The van der Waals surface area contributed by atoms with Crippen LogP contribution in [0.15, 0.2) is 51.7 Å². The lowest BCUT2D eigenvalue weighted by molar-refractivity contribution is -0.627. The van der Waals surface area contributed by atoms with Gasteiger partial charge in [0.15, 0.2) is 11.3 Å². The topological polar surface area (TPSA) is 56.0 Å². The van der Waals surface area contributed by atoms with Crippen LogP contribution in [-0.2, 0) is 0 Å². The maximum absolute atomic E-state index is 12.5. The SMILES string of the molecule is C[NH2+]CCCCOc1cccc2c(=O)c3ccccc3oc12. The second-order valence-corrected chi connectivity index (χ2v) is 5.31. The van der Waals surface area contributed by atoms with E-state index in [1.807, 2.05) is 30.3 Å². The molecule has 2 aromatic carbocycles. The Balaban J connectivity index is 1.96. The molecule has 1 aromatic heterocycles. The van der Waals surface area contributed by atoms with Crippen molar-refractivity contribution in [1.82, 2.24) is 0 Å². The molecule has 0 saturated carbocycles. The molecule has 4 heteroatoms. The largest absolute Gasteiger partial charge is 0.490 e. The van der Waals surface area contributed by atoms with Gasteiger partial charge in [-0.05, 0) is 37.1 Å². The van der Waals surface area contributed by atoms with Crippen molar-refractivity contribution in [1.29, 1.82) is 0 Å². The van der Waals surface area contributed by atoms with Gasteiger partial charge in [0.25, 0.3) is 0 Å². The summed E-state index contributed by atoms with van der Waals surface area (Å²) in [7, 11) is 2.06. The molecule has 4 nitrogen and oxygen atoms in total. The van der Waals surface area contributed by atoms with Crippen LogP contribution >= 0.6 is 0 Å². The highest BCUT2D eigenvalue weighted by atomic mass is 16.5. The Labute approximate surface area is 128 Å². The Bertz CT molecular complexity index is 838. The standard InChI is InChI=1S/C18H19NO3/c1-19-11-4-5-12-21-16-10-6-8-14-17(20)13-7-2-3-9-15(13)22-18(14)16/h2-3,6-10,19H,4-5,11-12H2,1H3/p+1. The van der Waals surface area contributed by atoms with Crippen molar-refractivity contribution in [2.24, 2.45) is 0 Å². The van der Waals surface area contributed by atoms with E-state index in [1.165, 1.54) is 0 Å². The van der Waals surface area contributed by atoms with Gasteiger partial charge in [-0.3, -0.25) is 4.79 Å². The molecule has 3 aromatic rings. The van der Waals surface area contributed by atoms with Crippen molar-refractivity contribution in [2.45, 2.75) is 12.8 Å². The third-order valence-corrected chi connectivity index (χ3v) is 3.71. The number of quaternary nitrogens is 1. The van der Waals surface area contributed by atoms with Crippen LogP contribution in [0.25, 0.3) is 21.9 Å². The van der Waals surface area contributed by atoms with Gasteiger partial charge in [0.1, 0.15) is 5.58 Å². The summed E-state index contributed by atoms with van der Waals surface area (Å²) in [6.07, 6.45) is 2.09. The van der Waals surface area contributed by atoms with Gasteiger partial charge in [0.05, 0.1) is 31.0 Å². The van der Waals surface area contributed by atoms with Gasteiger partial charge in [-0.25, -0.2) is 0 Å². The predicted octanol–water partition coefficient (Wildman–Crippen LogP) is 2.30. The smallest absolute Gasteiger partial charge is 0.200 e. The molecule has 0 radical (unpaired) electrons. The van der Waals surface area contributed by atoms with Gasteiger partial charge in [-0.1, -0.05) is 18.2 Å². The van der Waals surface area contributed by atoms with E-state index in [4.69, 9.17) is 9.15 Å². The van der Waals surface area contributed by atoms with Crippen molar-refractivity contribution in [3.8, 4) is 5.75 Å². The average Bonchev–Trinajstić information content (AvgIpc) is 2.55. The predicted molar refractivity (Wildman–Crippen MR) is 87.4 cm³/mol. The van der Waals surface area contributed by atoms with Crippen LogP contribution in [0.4, 0.5) is 0 Å². The van der Waals surface area contributed by atoms with Crippen molar-refractivity contribution in [3.05, 3.63) is 52.7 Å². The van der Waals surface area contributed by atoms with E-state index in [9.17, 15) is 4.79 Å². The fraction of sp³-hybridized carbons (Fsp3) is 0.278. The van der Waals surface area contributed by atoms with Gasteiger partial charge >= 0.3 is 0 Å². The van der Waals surface area contributed by atoms with Crippen molar-refractivity contribution in [3.63, 3.8) is 0 Å². The minimum absolute atomic E-state index is 0.0112. The number of unbranched alkanes of at least 4 members (excludes halogenated alkanes) is 1. The summed E-state index contributed by atoms with van der Waals surface area (Å²) in [6, 6.07) is 12.8. The average molecular weight is 298 g/mol. The molecule has 0 unspecified atom stereocenters. The summed E-state index contributed by atoms with van der Waals surface area (Å²) < 4.78 is 11.7. The summed E-state index contributed by atoms with van der Waals surface area (Å²) in [6.45, 7) is 1.72. The third kappa shape index (κ3) is 2.83. The molecule has 0 atom stereocenters. The molecule has 0 aliphatic heterocycles. The molecule has 114 valence electrons. The van der Waals surface area contributed by atoms with Gasteiger partial charge in [0.2, 0.25) is 5.43 Å². The molecule has 0 bridgehead atoms. The van der Waals surface area contributed by atoms with E-state index >= 15 is 0 Å². The van der Waals surface area contributed by atoms with Crippen molar-refractivity contribution < 1.29 is 14.5 Å². The van der Waals surface area contributed by atoms with E-state index in [-0.39, 0.29) is 5.43 Å². The zero-order valence-corrected chi connectivity index (χ0v) is 12.7. The fourth-order valence-corrected chi connectivity index (χ4v) is 2.54. The number of rotatable bonds is 6. The van der Waals surface area contributed by atoms with E-state index in [0.29, 0.717) is 34.3 Å². The number of fused-ring (bicyclic) bond motifs is 2. The summed E-state index contributed by atoms with van der Waals surface area (Å²) in [4.78, 5) is 12.5. The Morgan fingerprint density at radius 2 is 1.86 bits per heavy atom. The summed E-state index contributed by atoms with van der Waals surface area (Å²) in [5.41, 5.74) is 1.12. The van der Waals surface area contributed by atoms with E-state index < -0.39 is 0 Å². The highest BCUT2D eigenvalue weighted by molar-refractivity contribution is 5.92. The van der Waals surface area contributed by atoms with Crippen LogP contribution in [0.5, 0.6) is 5.75 Å². The first kappa shape index (κ1) is 14.6. The number of hydrogen-bond acceptors (Lipinski definition) is 3. The fourth-order valence-electron chi connectivity index (χ4n) is 2.54. The van der Waals surface area contributed by atoms with Crippen LogP contribution in [0.3, 0.4) is 0 Å². The molecule has 22 heavy (non-hydrogen) atoms. The second-order valence-electron chi connectivity index (χ2n) is 5.31. The van der Waals surface area contributed by atoms with Crippen LogP contribution < -0.4 is 15.5 Å². The molecule has 0 fully saturated rings. The maximum atomic E-state index is 12.5. The zero-order chi connectivity index (χ0) is 15.4. The molecular weight excluding hydrogens is 278 g/mol. The second kappa shape index (κ2) is 6.62. The number of nitrogens with two attached hydrogens (primary N) is 1. The van der Waals surface area contributed by atoms with Gasteiger partial charge in [0, 0.05) is 0 Å². The molecule has 0 aliphatic carbocycles. The minimum Gasteiger partial charge on any atom is -0.490 e. The molecule has 0 amide bonds. The molecule has 0 aliphatic rings. The Hall–Kier alpha value is -2.33. The lowest BCUT2D eigenvalue weighted by Crippen LogP contribution is -2.79. The molecule has 0 spiro atoms. The van der Waals surface area contributed by atoms with Crippen molar-refractivity contribution in [2.75, 3.05) is 20.2 Å². The van der Waals surface area contributed by atoms with Gasteiger partial charge in [-0.2, -0.15) is 0 Å². The number of ether oxygens (including phenoxy) is 1. The van der Waals surface area contributed by atoms with Crippen LogP contribution in [-0.4, -0.2) is 20.2 Å².